The average Bonchev–Trinajstić information content (AvgIpc) is 2.31. The van der Waals surface area contributed by atoms with Crippen molar-refractivity contribution in [1.82, 2.24) is 5.32 Å². The smallest absolute Gasteiger partial charge is 0.0775 e. The van der Waals surface area contributed by atoms with Gasteiger partial charge in [0.2, 0.25) is 0 Å². The van der Waals surface area contributed by atoms with Gasteiger partial charge in [-0.3, -0.25) is 0 Å². The van der Waals surface area contributed by atoms with Gasteiger partial charge in [-0.15, -0.1) is 0 Å². The number of halogens is 1. The van der Waals surface area contributed by atoms with E-state index in [0.29, 0.717) is 6.04 Å². The number of likely N-dealkylation sites (N-methyl/N-ethyl adjacent to an activating group) is 1. The SMILES string of the molecule is CCNC(Cc1ccc(Cl)cc1)C(OC)C(C)(C)C. The molecule has 0 saturated heterocycles. The van der Waals surface area contributed by atoms with Crippen LogP contribution in [0.1, 0.15) is 33.3 Å². The molecule has 2 unspecified atom stereocenters. The van der Waals surface area contributed by atoms with Crippen molar-refractivity contribution in [2.75, 3.05) is 13.7 Å². The van der Waals surface area contributed by atoms with Crippen LogP contribution in [0.4, 0.5) is 0 Å². The fourth-order valence-electron chi connectivity index (χ4n) is 2.54. The highest BCUT2D eigenvalue weighted by Crippen LogP contribution is 2.26. The zero-order valence-electron chi connectivity index (χ0n) is 12.7. The van der Waals surface area contributed by atoms with E-state index in [1.165, 1.54) is 5.56 Å². The van der Waals surface area contributed by atoms with E-state index in [1.807, 2.05) is 12.1 Å². The van der Waals surface area contributed by atoms with E-state index in [2.05, 4.69) is 45.1 Å². The van der Waals surface area contributed by atoms with Gasteiger partial charge in [-0.2, -0.15) is 0 Å². The number of hydrogen-bond acceptors (Lipinski definition) is 2. The predicted molar refractivity (Wildman–Crippen MR) is 82.9 cm³/mol. The summed E-state index contributed by atoms with van der Waals surface area (Å²) in [6, 6.07) is 8.36. The van der Waals surface area contributed by atoms with E-state index in [4.69, 9.17) is 16.3 Å². The number of benzene rings is 1. The molecule has 0 fully saturated rings. The molecule has 0 aliphatic heterocycles. The van der Waals surface area contributed by atoms with Crippen molar-refractivity contribution >= 4 is 11.6 Å². The van der Waals surface area contributed by atoms with Crippen LogP contribution in [-0.4, -0.2) is 25.8 Å². The van der Waals surface area contributed by atoms with Crippen LogP contribution in [-0.2, 0) is 11.2 Å². The van der Waals surface area contributed by atoms with Gasteiger partial charge in [-0.25, -0.2) is 0 Å². The Hall–Kier alpha value is -0.570. The predicted octanol–water partition coefficient (Wildman–Crippen LogP) is 3.92. The number of hydrogen-bond donors (Lipinski definition) is 1. The third kappa shape index (κ3) is 5.13. The van der Waals surface area contributed by atoms with Gasteiger partial charge in [0.15, 0.2) is 0 Å². The van der Waals surface area contributed by atoms with Crippen LogP contribution < -0.4 is 5.32 Å². The molecule has 2 nitrogen and oxygen atoms in total. The van der Waals surface area contributed by atoms with Crippen molar-refractivity contribution in [1.29, 1.82) is 0 Å². The molecule has 3 heteroatoms. The minimum absolute atomic E-state index is 0.105. The molecule has 1 N–H and O–H groups in total. The number of ether oxygens (including phenoxy) is 1. The van der Waals surface area contributed by atoms with Crippen LogP contribution in [0.5, 0.6) is 0 Å². The first-order valence-corrected chi connectivity index (χ1v) is 7.27. The first kappa shape index (κ1) is 16.5. The second-order valence-corrected chi connectivity index (χ2v) is 6.45. The monoisotopic (exact) mass is 283 g/mol. The second-order valence-electron chi connectivity index (χ2n) is 6.02. The largest absolute Gasteiger partial charge is 0.379 e. The van der Waals surface area contributed by atoms with E-state index < -0.39 is 0 Å². The van der Waals surface area contributed by atoms with Crippen LogP contribution in [0, 0.1) is 5.41 Å². The summed E-state index contributed by atoms with van der Waals surface area (Å²) in [5, 5.41) is 4.33. The number of nitrogens with one attached hydrogen (secondary N) is 1. The molecule has 1 aromatic rings. The average molecular weight is 284 g/mol. The van der Waals surface area contributed by atoms with Crippen LogP contribution in [0.3, 0.4) is 0 Å². The standard InChI is InChI=1S/C16H26ClNO/c1-6-18-14(15(19-5)16(2,3)4)11-12-7-9-13(17)10-8-12/h7-10,14-15,18H,6,11H2,1-5H3. The van der Waals surface area contributed by atoms with Crippen molar-refractivity contribution in [2.24, 2.45) is 5.41 Å². The molecule has 2 atom stereocenters. The maximum Gasteiger partial charge on any atom is 0.0775 e. The zero-order valence-corrected chi connectivity index (χ0v) is 13.4. The van der Waals surface area contributed by atoms with Gasteiger partial charge in [0.25, 0.3) is 0 Å². The summed E-state index contributed by atoms with van der Waals surface area (Å²) in [6.07, 6.45) is 1.11. The van der Waals surface area contributed by atoms with Gasteiger partial charge < -0.3 is 10.1 Å². The Balaban J connectivity index is 2.84. The summed E-state index contributed by atoms with van der Waals surface area (Å²) >= 11 is 5.93. The van der Waals surface area contributed by atoms with Crippen LogP contribution in [0.2, 0.25) is 5.02 Å². The van der Waals surface area contributed by atoms with Gasteiger partial charge in [0.05, 0.1) is 6.10 Å². The lowest BCUT2D eigenvalue weighted by atomic mass is 9.82. The lowest BCUT2D eigenvalue weighted by Crippen LogP contribution is -2.48. The third-order valence-corrected chi connectivity index (χ3v) is 3.56. The molecule has 0 aromatic heterocycles. The summed E-state index contributed by atoms with van der Waals surface area (Å²) in [7, 11) is 1.79. The molecule has 19 heavy (non-hydrogen) atoms. The zero-order chi connectivity index (χ0) is 14.5. The highest BCUT2D eigenvalue weighted by atomic mass is 35.5. The Bertz CT molecular complexity index is 369. The van der Waals surface area contributed by atoms with Crippen LogP contribution in [0.25, 0.3) is 0 Å². The molecular weight excluding hydrogens is 258 g/mol. The molecule has 0 heterocycles. The van der Waals surface area contributed by atoms with Crippen molar-refractivity contribution in [2.45, 2.75) is 46.3 Å². The topological polar surface area (TPSA) is 21.3 Å². The minimum Gasteiger partial charge on any atom is -0.379 e. The van der Waals surface area contributed by atoms with Gasteiger partial charge in [0, 0.05) is 18.2 Å². The molecule has 0 radical (unpaired) electrons. The summed E-state index contributed by atoms with van der Waals surface area (Å²) in [4.78, 5) is 0. The lowest BCUT2D eigenvalue weighted by Gasteiger charge is -2.36. The number of rotatable bonds is 6. The molecule has 1 rings (SSSR count). The summed E-state index contributed by atoms with van der Waals surface area (Å²) in [5.74, 6) is 0. The van der Waals surface area contributed by atoms with Gasteiger partial charge in [-0.1, -0.05) is 51.4 Å². The highest BCUT2D eigenvalue weighted by molar-refractivity contribution is 6.30. The molecule has 0 aliphatic rings. The normalized spacial score (nSPS) is 15.3. The van der Waals surface area contributed by atoms with Crippen molar-refractivity contribution in [3.63, 3.8) is 0 Å². The minimum atomic E-state index is 0.105. The Labute approximate surface area is 122 Å². The fourth-order valence-corrected chi connectivity index (χ4v) is 2.67. The fraction of sp³-hybridized carbons (Fsp3) is 0.625. The maximum absolute atomic E-state index is 5.93. The molecule has 0 saturated carbocycles. The Kier molecular flexibility index (Phi) is 6.31. The Morgan fingerprint density at radius 3 is 2.21 bits per heavy atom. The van der Waals surface area contributed by atoms with E-state index in [0.717, 1.165) is 18.0 Å². The first-order chi connectivity index (χ1) is 8.88. The maximum atomic E-state index is 5.93. The van der Waals surface area contributed by atoms with Gasteiger partial charge in [0.1, 0.15) is 0 Å². The molecule has 108 valence electrons. The second kappa shape index (κ2) is 7.28. The third-order valence-electron chi connectivity index (χ3n) is 3.31. The van der Waals surface area contributed by atoms with Gasteiger partial charge in [-0.05, 0) is 36.1 Å². The van der Waals surface area contributed by atoms with Crippen LogP contribution in [0.15, 0.2) is 24.3 Å². The quantitative estimate of drug-likeness (QED) is 0.854. The van der Waals surface area contributed by atoms with E-state index in [-0.39, 0.29) is 11.5 Å². The molecule has 0 aliphatic carbocycles. The van der Waals surface area contributed by atoms with E-state index in [1.54, 1.807) is 7.11 Å². The highest BCUT2D eigenvalue weighted by Gasteiger charge is 2.31. The lowest BCUT2D eigenvalue weighted by molar-refractivity contribution is -0.0106. The van der Waals surface area contributed by atoms with Gasteiger partial charge >= 0.3 is 0 Å². The molecule has 0 amide bonds. The Morgan fingerprint density at radius 2 is 1.79 bits per heavy atom. The summed E-state index contributed by atoms with van der Waals surface area (Å²) in [5.41, 5.74) is 1.38. The molecule has 0 bridgehead atoms. The van der Waals surface area contributed by atoms with Crippen molar-refractivity contribution < 1.29 is 4.74 Å². The van der Waals surface area contributed by atoms with Crippen LogP contribution >= 0.6 is 11.6 Å². The summed E-state index contributed by atoms with van der Waals surface area (Å²) in [6.45, 7) is 9.71. The summed E-state index contributed by atoms with van der Waals surface area (Å²) < 4.78 is 5.74. The first-order valence-electron chi connectivity index (χ1n) is 6.89. The van der Waals surface area contributed by atoms with E-state index in [9.17, 15) is 0 Å². The molecular formula is C16H26ClNO. The molecule has 1 aromatic carbocycles. The number of methoxy groups -OCH3 is 1. The van der Waals surface area contributed by atoms with Crippen molar-refractivity contribution in [3.8, 4) is 0 Å². The van der Waals surface area contributed by atoms with E-state index >= 15 is 0 Å². The van der Waals surface area contributed by atoms with Crippen molar-refractivity contribution in [3.05, 3.63) is 34.9 Å². The molecule has 0 spiro atoms. The Morgan fingerprint density at radius 1 is 1.21 bits per heavy atom.